The lowest BCUT2D eigenvalue weighted by Crippen LogP contribution is -2.38. The molecule has 1 atom stereocenters. The van der Waals surface area contributed by atoms with Crippen LogP contribution in [-0.4, -0.2) is 5.11 Å². The highest BCUT2D eigenvalue weighted by Gasteiger charge is 2.24. The minimum Gasteiger partial charge on any atom is -0.504 e. The molecule has 0 aliphatic heterocycles. The first-order chi connectivity index (χ1) is 5.59. The topological polar surface area (TPSA) is 80.4 Å². The van der Waals surface area contributed by atoms with Gasteiger partial charge >= 0.3 is 0 Å². The fourth-order valence-electron chi connectivity index (χ4n) is 0.970. The number of aromatic hydroxyl groups is 1. The SMILES string of the molecule is C#CCC(N)c1c(O)c(=O)c1=O. The summed E-state index contributed by atoms with van der Waals surface area (Å²) in [6, 6.07) is -0.722. The lowest BCUT2D eigenvalue weighted by Gasteiger charge is -2.10. The van der Waals surface area contributed by atoms with Gasteiger partial charge in [0.25, 0.3) is 5.43 Å². The van der Waals surface area contributed by atoms with E-state index in [0.717, 1.165) is 0 Å². The van der Waals surface area contributed by atoms with Gasteiger partial charge < -0.3 is 10.8 Å². The highest BCUT2D eigenvalue weighted by molar-refractivity contribution is 5.40. The van der Waals surface area contributed by atoms with Crippen LogP contribution in [0.4, 0.5) is 0 Å². The Morgan fingerprint density at radius 3 is 2.50 bits per heavy atom. The molecule has 1 aromatic rings. The van der Waals surface area contributed by atoms with Crippen molar-refractivity contribution in [1.29, 1.82) is 0 Å². The summed E-state index contributed by atoms with van der Waals surface area (Å²) in [7, 11) is 0. The fraction of sp³-hybridized carbons (Fsp3) is 0.250. The minimum atomic E-state index is -0.877. The summed E-state index contributed by atoms with van der Waals surface area (Å²) in [5.41, 5.74) is 3.75. The number of terminal acetylenes is 1. The average Bonchev–Trinajstić information content (AvgIpc) is 2.05. The molecule has 0 aliphatic carbocycles. The van der Waals surface area contributed by atoms with Gasteiger partial charge in [0.2, 0.25) is 5.43 Å². The van der Waals surface area contributed by atoms with Crippen LogP contribution >= 0.6 is 0 Å². The van der Waals surface area contributed by atoms with Gasteiger partial charge in [0.1, 0.15) is 0 Å². The Hall–Kier alpha value is -1.60. The largest absolute Gasteiger partial charge is 0.504 e. The van der Waals surface area contributed by atoms with Crippen LogP contribution in [0.3, 0.4) is 0 Å². The first-order valence-electron chi connectivity index (χ1n) is 3.30. The van der Waals surface area contributed by atoms with E-state index >= 15 is 0 Å². The van der Waals surface area contributed by atoms with E-state index in [0.29, 0.717) is 0 Å². The first kappa shape index (κ1) is 8.50. The molecule has 12 heavy (non-hydrogen) atoms. The van der Waals surface area contributed by atoms with E-state index in [4.69, 9.17) is 17.3 Å². The standard InChI is InChI=1S/C8H7NO3/c1-2-3-4(9)5-6(10)8(12)7(5)11/h1,4,10H,3,9H2. The molecular weight excluding hydrogens is 158 g/mol. The van der Waals surface area contributed by atoms with E-state index in [-0.39, 0.29) is 12.0 Å². The lowest BCUT2D eigenvalue weighted by atomic mass is 9.99. The normalized spacial score (nSPS) is 12.7. The van der Waals surface area contributed by atoms with E-state index in [1.54, 1.807) is 0 Å². The van der Waals surface area contributed by atoms with Crippen LogP contribution in [0.1, 0.15) is 18.0 Å². The molecule has 4 heteroatoms. The summed E-state index contributed by atoms with van der Waals surface area (Å²) >= 11 is 0. The summed E-state index contributed by atoms with van der Waals surface area (Å²) in [5.74, 6) is 1.70. The first-order valence-corrected chi connectivity index (χ1v) is 3.30. The molecule has 0 aliphatic rings. The lowest BCUT2D eigenvalue weighted by molar-refractivity contribution is 0.446. The average molecular weight is 165 g/mol. The van der Waals surface area contributed by atoms with Crippen molar-refractivity contribution in [1.82, 2.24) is 0 Å². The molecule has 0 amide bonds. The molecule has 0 bridgehead atoms. The zero-order valence-corrected chi connectivity index (χ0v) is 6.20. The van der Waals surface area contributed by atoms with Gasteiger partial charge in [-0.2, -0.15) is 0 Å². The monoisotopic (exact) mass is 165 g/mol. The van der Waals surface area contributed by atoms with E-state index in [9.17, 15) is 9.59 Å². The molecule has 1 rings (SSSR count). The number of hydrogen-bond donors (Lipinski definition) is 2. The molecule has 1 aromatic carbocycles. The predicted octanol–water partition coefficient (Wildman–Crippen LogP) is -0.989. The second-order valence-corrected chi connectivity index (χ2v) is 2.44. The zero-order valence-electron chi connectivity index (χ0n) is 6.20. The van der Waals surface area contributed by atoms with Crippen LogP contribution in [0.2, 0.25) is 0 Å². The molecule has 0 heterocycles. The third-order valence-electron chi connectivity index (χ3n) is 1.63. The van der Waals surface area contributed by atoms with Crippen molar-refractivity contribution in [3.8, 4) is 18.1 Å². The van der Waals surface area contributed by atoms with Gasteiger partial charge in [-0.05, 0) is 0 Å². The molecule has 0 saturated carbocycles. The smallest absolute Gasteiger partial charge is 0.268 e. The third kappa shape index (κ3) is 1.00. The predicted molar refractivity (Wildman–Crippen MR) is 43.4 cm³/mol. The van der Waals surface area contributed by atoms with Crippen LogP contribution in [0.25, 0.3) is 0 Å². The summed E-state index contributed by atoms with van der Waals surface area (Å²) in [5, 5.41) is 8.90. The Kier molecular flexibility index (Phi) is 1.98. The summed E-state index contributed by atoms with van der Waals surface area (Å²) in [4.78, 5) is 21.3. The van der Waals surface area contributed by atoms with Crippen LogP contribution in [0.15, 0.2) is 9.59 Å². The Balaban J connectivity index is 3.01. The fourth-order valence-corrected chi connectivity index (χ4v) is 0.970. The molecule has 4 nitrogen and oxygen atoms in total. The van der Waals surface area contributed by atoms with Gasteiger partial charge in [0.15, 0.2) is 5.75 Å². The molecule has 0 aromatic heterocycles. The van der Waals surface area contributed by atoms with Gasteiger partial charge in [0, 0.05) is 12.5 Å². The highest BCUT2D eigenvalue weighted by Crippen LogP contribution is 2.18. The van der Waals surface area contributed by atoms with E-state index < -0.39 is 22.6 Å². The van der Waals surface area contributed by atoms with Gasteiger partial charge in [-0.1, -0.05) is 0 Å². The quantitative estimate of drug-likeness (QED) is 0.435. The van der Waals surface area contributed by atoms with Crippen LogP contribution in [0.5, 0.6) is 5.75 Å². The number of nitrogens with two attached hydrogens (primary N) is 1. The molecular formula is C8H7NO3. The number of rotatable bonds is 2. The van der Waals surface area contributed by atoms with Crippen molar-refractivity contribution in [2.45, 2.75) is 12.5 Å². The van der Waals surface area contributed by atoms with Gasteiger partial charge in [-0.15, -0.1) is 12.3 Å². The van der Waals surface area contributed by atoms with Crippen molar-refractivity contribution < 1.29 is 5.11 Å². The Morgan fingerprint density at radius 1 is 1.50 bits per heavy atom. The second-order valence-electron chi connectivity index (χ2n) is 2.44. The summed E-state index contributed by atoms with van der Waals surface area (Å²) < 4.78 is 0. The third-order valence-corrected chi connectivity index (χ3v) is 1.63. The van der Waals surface area contributed by atoms with Crippen molar-refractivity contribution in [2.24, 2.45) is 5.73 Å². The van der Waals surface area contributed by atoms with Crippen LogP contribution in [0, 0.1) is 12.3 Å². The molecule has 62 valence electrons. The molecule has 1 unspecified atom stereocenters. The maximum absolute atomic E-state index is 10.8. The maximum Gasteiger partial charge on any atom is 0.268 e. The zero-order chi connectivity index (χ0) is 9.30. The minimum absolute atomic E-state index is 0.0436. The second kappa shape index (κ2) is 2.80. The molecule has 0 fully saturated rings. The van der Waals surface area contributed by atoms with Crippen LogP contribution in [-0.2, 0) is 0 Å². The maximum atomic E-state index is 10.8. The molecule has 0 spiro atoms. The molecule has 0 saturated heterocycles. The molecule has 3 N–H and O–H groups in total. The van der Waals surface area contributed by atoms with Gasteiger partial charge in [0.05, 0.1) is 5.56 Å². The Morgan fingerprint density at radius 2 is 2.08 bits per heavy atom. The van der Waals surface area contributed by atoms with Crippen molar-refractivity contribution >= 4 is 0 Å². The summed E-state index contributed by atoms with van der Waals surface area (Å²) in [6.45, 7) is 0. The highest BCUT2D eigenvalue weighted by atomic mass is 16.3. The van der Waals surface area contributed by atoms with E-state index in [1.165, 1.54) is 0 Å². The molecule has 0 radical (unpaired) electrons. The van der Waals surface area contributed by atoms with Crippen molar-refractivity contribution in [3.05, 3.63) is 26.0 Å². The van der Waals surface area contributed by atoms with Crippen molar-refractivity contribution in [2.75, 3.05) is 0 Å². The van der Waals surface area contributed by atoms with Crippen LogP contribution < -0.4 is 16.6 Å². The van der Waals surface area contributed by atoms with Gasteiger partial charge in [-0.3, -0.25) is 9.59 Å². The number of hydrogen-bond acceptors (Lipinski definition) is 4. The van der Waals surface area contributed by atoms with E-state index in [1.807, 2.05) is 0 Å². The van der Waals surface area contributed by atoms with E-state index in [2.05, 4.69) is 5.92 Å². The summed E-state index contributed by atoms with van der Waals surface area (Å²) in [6.07, 6.45) is 5.08. The Labute approximate surface area is 68.3 Å². The Bertz CT molecular complexity index is 406. The van der Waals surface area contributed by atoms with Crippen molar-refractivity contribution in [3.63, 3.8) is 0 Å². The van der Waals surface area contributed by atoms with Gasteiger partial charge in [-0.25, -0.2) is 0 Å².